The summed E-state index contributed by atoms with van der Waals surface area (Å²) in [6, 6.07) is 16.4. The smallest absolute Gasteiger partial charge is 0.429 e. The Kier molecular flexibility index (Phi) is 9.72. The van der Waals surface area contributed by atoms with E-state index < -0.39 is 57.3 Å². The minimum Gasteiger partial charge on any atom is -0.429 e. The van der Waals surface area contributed by atoms with Gasteiger partial charge in [0.15, 0.2) is 0 Å². The maximum Gasteiger partial charge on any atom is 0.432 e. The summed E-state index contributed by atoms with van der Waals surface area (Å²) in [6.07, 6.45) is -0.420. The molecule has 0 saturated carbocycles. The summed E-state index contributed by atoms with van der Waals surface area (Å²) in [5.74, 6) is -8.67. The zero-order chi connectivity index (χ0) is 33.2. The zero-order valence-electron chi connectivity index (χ0n) is 24.2. The summed E-state index contributed by atoms with van der Waals surface area (Å²) in [6.45, 7) is 2.12. The highest BCUT2D eigenvalue weighted by Gasteiger charge is 2.41. The number of hydrogen-bond donors (Lipinski definition) is 0. The van der Waals surface area contributed by atoms with Gasteiger partial charge < -0.3 is 4.74 Å². The van der Waals surface area contributed by atoms with Crippen LogP contribution in [0.25, 0.3) is 33.4 Å². The third-order valence-electron chi connectivity index (χ3n) is 7.45. The number of rotatable bonds is 10. The second-order valence-electron chi connectivity index (χ2n) is 10.7. The molecule has 0 aliphatic rings. The van der Waals surface area contributed by atoms with Gasteiger partial charge in [0.1, 0.15) is 51.2 Å². The van der Waals surface area contributed by atoms with Crippen LogP contribution in [-0.4, -0.2) is 0 Å². The quantitative estimate of drug-likeness (QED) is 0.0823. The van der Waals surface area contributed by atoms with Gasteiger partial charge in [0.05, 0.1) is 0 Å². The van der Waals surface area contributed by atoms with Crippen LogP contribution >= 0.6 is 11.6 Å². The van der Waals surface area contributed by atoms with Gasteiger partial charge in [-0.25, -0.2) is 26.3 Å². The molecule has 0 saturated heterocycles. The molecular formula is C36H25ClF8O. The largest absolute Gasteiger partial charge is 0.432 e. The normalized spacial score (nSPS) is 11.6. The van der Waals surface area contributed by atoms with Crippen molar-refractivity contribution in [3.63, 3.8) is 0 Å². The van der Waals surface area contributed by atoms with E-state index in [9.17, 15) is 13.2 Å². The molecule has 0 amide bonds. The Hall–Kier alpha value is -4.37. The fourth-order valence-electron chi connectivity index (χ4n) is 5.08. The Labute approximate surface area is 265 Å². The fourth-order valence-corrected chi connectivity index (χ4v) is 5.19. The van der Waals surface area contributed by atoms with Gasteiger partial charge in [0, 0.05) is 17.2 Å². The van der Waals surface area contributed by atoms with Crippen LogP contribution in [0, 0.1) is 34.9 Å². The van der Waals surface area contributed by atoms with Crippen LogP contribution in [0.5, 0.6) is 5.75 Å². The van der Waals surface area contributed by atoms with Crippen molar-refractivity contribution in [2.45, 2.75) is 38.7 Å². The Bertz CT molecular complexity index is 1840. The monoisotopic (exact) mass is 660 g/mol. The molecule has 0 aliphatic heterocycles. The first kappa shape index (κ1) is 33.0. The van der Waals surface area contributed by atoms with Gasteiger partial charge in [0.25, 0.3) is 0 Å². The zero-order valence-corrected chi connectivity index (χ0v) is 25.0. The van der Waals surface area contributed by atoms with Crippen molar-refractivity contribution in [3.8, 4) is 39.1 Å². The van der Waals surface area contributed by atoms with Crippen molar-refractivity contribution in [1.82, 2.24) is 0 Å². The van der Waals surface area contributed by atoms with Gasteiger partial charge in [-0.3, -0.25) is 0 Å². The maximum atomic E-state index is 15.1. The van der Waals surface area contributed by atoms with Gasteiger partial charge in [-0.15, -0.1) is 0 Å². The van der Waals surface area contributed by atoms with Crippen LogP contribution < -0.4 is 4.74 Å². The number of aryl methyl sites for hydroxylation is 1. The molecule has 0 N–H and O–H groups in total. The van der Waals surface area contributed by atoms with E-state index >= 15 is 22.0 Å². The lowest BCUT2D eigenvalue weighted by Gasteiger charge is -2.20. The van der Waals surface area contributed by atoms with Crippen molar-refractivity contribution in [2.24, 2.45) is 0 Å². The van der Waals surface area contributed by atoms with E-state index in [-0.39, 0.29) is 22.3 Å². The summed E-state index contributed by atoms with van der Waals surface area (Å²) >= 11 is 5.43. The van der Waals surface area contributed by atoms with E-state index in [1.54, 1.807) is 6.07 Å². The molecule has 0 fully saturated rings. The topological polar surface area (TPSA) is 9.23 Å². The van der Waals surface area contributed by atoms with Crippen LogP contribution in [0.2, 0.25) is 5.02 Å². The molecule has 0 heterocycles. The second kappa shape index (κ2) is 13.5. The molecule has 0 bridgehead atoms. The van der Waals surface area contributed by atoms with Crippen LogP contribution in [0.15, 0.2) is 84.9 Å². The minimum atomic E-state index is -4.63. The van der Waals surface area contributed by atoms with Gasteiger partial charge >= 0.3 is 6.11 Å². The summed E-state index contributed by atoms with van der Waals surface area (Å²) in [5, 5.41) is -0.808. The van der Waals surface area contributed by atoms with Crippen LogP contribution in [0.1, 0.15) is 37.3 Å². The van der Waals surface area contributed by atoms with Gasteiger partial charge in [-0.05, 0) is 83.1 Å². The molecule has 1 nitrogen and oxygen atoms in total. The molecular weight excluding hydrogens is 636 g/mol. The number of unbranched alkanes of at least 4 members (excludes halogenated alkanes) is 2. The van der Waals surface area contributed by atoms with E-state index in [2.05, 4.69) is 11.7 Å². The van der Waals surface area contributed by atoms with Gasteiger partial charge in [-0.2, -0.15) is 8.78 Å². The lowest BCUT2D eigenvalue weighted by atomic mass is 9.97. The number of hydrogen-bond acceptors (Lipinski definition) is 1. The van der Waals surface area contributed by atoms with Crippen LogP contribution in [0.4, 0.5) is 35.1 Å². The average Bonchev–Trinajstić information content (AvgIpc) is 2.99. The lowest BCUT2D eigenvalue weighted by Crippen LogP contribution is -2.25. The summed E-state index contributed by atoms with van der Waals surface area (Å²) in [4.78, 5) is 0. The average molecular weight is 661 g/mol. The molecule has 0 atom stereocenters. The summed E-state index contributed by atoms with van der Waals surface area (Å²) in [7, 11) is 0. The Morgan fingerprint density at radius 2 is 1.07 bits per heavy atom. The second-order valence-corrected chi connectivity index (χ2v) is 11.1. The molecule has 238 valence electrons. The van der Waals surface area contributed by atoms with Gasteiger partial charge in [0.2, 0.25) is 0 Å². The van der Waals surface area contributed by atoms with E-state index in [1.807, 2.05) is 24.3 Å². The lowest BCUT2D eigenvalue weighted by molar-refractivity contribution is -0.189. The highest BCUT2D eigenvalue weighted by molar-refractivity contribution is 6.31. The number of alkyl halides is 2. The molecule has 10 heteroatoms. The van der Waals surface area contributed by atoms with Crippen LogP contribution in [0.3, 0.4) is 0 Å². The highest BCUT2D eigenvalue weighted by atomic mass is 35.5. The number of halogens is 9. The third kappa shape index (κ3) is 7.04. The van der Waals surface area contributed by atoms with E-state index in [1.165, 1.54) is 12.1 Å². The molecule has 5 aromatic carbocycles. The number of benzene rings is 5. The molecule has 5 aromatic rings. The minimum absolute atomic E-state index is 0.221. The number of ether oxygens (including phenoxy) is 1. The van der Waals surface area contributed by atoms with Crippen molar-refractivity contribution in [1.29, 1.82) is 0 Å². The standard InChI is InChI=1S/C36H25ClF8O/c1-2-3-4-5-20-6-8-21(9-7-20)22-10-12-26(28(38)14-22)23-15-30(40)34(31(41)16-23)36(44,45)46-25-11-13-27(29(39)19-25)24-17-32(42)35(37)33(43)18-24/h6-19H,2-5H2,1H3. The summed E-state index contributed by atoms with van der Waals surface area (Å²) in [5.41, 5.74) is -0.593. The van der Waals surface area contributed by atoms with Gasteiger partial charge in [-0.1, -0.05) is 67.8 Å². The molecule has 0 aromatic heterocycles. The highest BCUT2D eigenvalue weighted by Crippen LogP contribution is 2.39. The third-order valence-corrected chi connectivity index (χ3v) is 7.81. The first-order valence-corrected chi connectivity index (χ1v) is 14.7. The first-order chi connectivity index (χ1) is 21.9. The molecule has 5 rings (SSSR count). The van der Waals surface area contributed by atoms with Crippen molar-refractivity contribution < 1.29 is 39.9 Å². The van der Waals surface area contributed by atoms with E-state index in [0.717, 1.165) is 61.1 Å². The van der Waals surface area contributed by atoms with Crippen molar-refractivity contribution in [3.05, 3.63) is 136 Å². The SMILES string of the molecule is CCCCCc1ccc(-c2ccc(-c3cc(F)c(C(F)(F)Oc4ccc(-c5cc(F)c(Cl)c(F)c5)c(F)c4)c(F)c3)c(F)c2)cc1. The Morgan fingerprint density at radius 3 is 1.61 bits per heavy atom. The molecule has 46 heavy (non-hydrogen) atoms. The molecule has 0 unspecified atom stereocenters. The molecule has 0 spiro atoms. The summed E-state index contributed by atoms with van der Waals surface area (Å²) < 4.78 is 122. The fraction of sp³-hybridized carbons (Fsp3) is 0.167. The predicted octanol–water partition coefficient (Wildman–Crippen LogP) is 12.0. The molecule has 0 radical (unpaired) electrons. The predicted molar refractivity (Wildman–Crippen MR) is 162 cm³/mol. The van der Waals surface area contributed by atoms with Crippen LogP contribution in [-0.2, 0) is 12.5 Å². The van der Waals surface area contributed by atoms with E-state index in [0.29, 0.717) is 23.8 Å². The van der Waals surface area contributed by atoms with Crippen molar-refractivity contribution in [2.75, 3.05) is 0 Å². The maximum absolute atomic E-state index is 15.1. The Morgan fingerprint density at radius 1 is 0.565 bits per heavy atom. The first-order valence-electron chi connectivity index (χ1n) is 14.3. The van der Waals surface area contributed by atoms with E-state index in [4.69, 9.17) is 11.6 Å². The molecule has 0 aliphatic carbocycles. The Balaban J connectivity index is 1.36. The van der Waals surface area contributed by atoms with Crippen molar-refractivity contribution >= 4 is 11.6 Å².